The molecule has 1 heterocycles. The van der Waals surface area contributed by atoms with Crippen LogP contribution in [0, 0.1) is 0 Å². The van der Waals surface area contributed by atoms with Crippen molar-refractivity contribution in [2.24, 2.45) is 0 Å². The maximum absolute atomic E-state index is 13.0. The van der Waals surface area contributed by atoms with Crippen LogP contribution >= 0.6 is 0 Å². The van der Waals surface area contributed by atoms with Crippen molar-refractivity contribution in [1.82, 2.24) is 10.2 Å². The Bertz CT molecular complexity index is 638. The van der Waals surface area contributed by atoms with Crippen molar-refractivity contribution in [3.8, 4) is 0 Å². The van der Waals surface area contributed by atoms with Gasteiger partial charge in [0.15, 0.2) is 0 Å². The second kappa shape index (κ2) is 6.73. The van der Waals surface area contributed by atoms with Gasteiger partial charge < -0.3 is 5.11 Å². The van der Waals surface area contributed by atoms with Crippen molar-refractivity contribution in [1.29, 1.82) is 0 Å². The van der Waals surface area contributed by atoms with E-state index < -0.39 is 23.5 Å². The Balaban J connectivity index is 1.90. The lowest BCUT2D eigenvalue weighted by Gasteiger charge is -2.46. The molecule has 1 aromatic rings. The van der Waals surface area contributed by atoms with Crippen LogP contribution in [0.2, 0.25) is 0 Å². The third-order valence-electron chi connectivity index (χ3n) is 4.94. The summed E-state index contributed by atoms with van der Waals surface area (Å²) in [5.74, 6) is -1.69. The molecule has 6 heteroatoms. The zero-order chi connectivity index (χ0) is 17.2. The first-order chi connectivity index (χ1) is 11.5. The SMILES string of the molecule is O=C(O)C[C@@H]1NC2(CCCCC2)C(=O)N(Cc2ccccc2)C1=O. The molecule has 0 radical (unpaired) electrons. The lowest BCUT2D eigenvalue weighted by Crippen LogP contribution is -2.70. The van der Waals surface area contributed by atoms with Gasteiger partial charge in [-0.15, -0.1) is 0 Å². The fourth-order valence-electron chi connectivity index (χ4n) is 3.75. The molecule has 1 aromatic carbocycles. The maximum Gasteiger partial charge on any atom is 0.305 e. The minimum absolute atomic E-state index is 0.193. The van der Waals surface area contributed by atoms with Crippen LogP contribution < -0.4 is 5.32 Å². The minimum atomic E-state index is -1.04. The smallest absolute Gasteiger partial charge is 0.305 e. The fourth-order valence-corrected chi connectivity index (χ4v) is 3.75. The molecule has 3 rings (SSSR count). The standard InChI is InChI=1S/C18H22N2O4/c21-15(22)11-14-16(23)20(12-13-7-3-1-4-8-13)17(24)18(19-14)9-5-2-6-10-18/h1,3-4,7-8,14,19H,2,5-6,9-12H2,(H,21,22)/t14-/m0/s1. The van der Waals surface area contributed by atoms with Crippen molar-refractivity contribution in [3.63, 3.8) is 0 Å². The monoisotopic (exact) mass is 330 g/mol. The maximum atomic E-state index is 13.0. The summed E-state index contributed by atoms with van der Waals surface area (Å²) in [6.45, 7) is 0.193. The summed E-state index contributed by atoms with van der Waals surface area (Å²) in [5, 5.41) is 12.2. The number of carboxylic acids is 1. The van der Waals surface area contributed by atoms with Crippen LogP contribution in [0.3, 0.4) is 0 Å². The molecule has 128 valence electrons. The molecule has 1 saturated carbocycles. The number of piperazine rings is 1. The van der Waals surface area contributed by atoms with E-state index in [1.165, 1.54) is 4.90 Å². The molecule has 0 aromatic heterocycles. The van der Waals surface area contributed by atoms with Gasteiger partial charge in [0, 0.05) is 0 Å². The van der Waals surface area contributed by atoms with Gasteiger partial charge in [-0.2, -0.15) is 0 Å². The van der Waals surface area contributed by atoms with Crippen molar-refractivity contribution < 1.29 is 19.5 Å². The highest BCUT2D eigenvalue weighted by Crippen LogP contribution is 2.34. The molecule has 1 saturated heterocycles. The Morgan fingerprint density at radius 3 is 2.46 bits per heavy atom. The topological polar surface area (TPSA) is 86.7 Å². The molecule has 2 N–H and O–H groups in total. The highest BCUT2D eigenvalue weighted by Gasteiger charge is 2.51. The number of benzene rings is 1. The van der Waals surface area contributed by atoms with Crippen LogP contribution in [0.15, 0.2) is 30.3 Å². The summed E-state index contributed by atoms with van der Waals surface area (Å²) in [4.78, 5) is 38.1. The van der Waals surface area contributed by atoms with E-state index in [4.69, 9.17) is 5.11 Å². The Morgan fingerprint density at radius 2 is 1.83 bits per heavy atom. The van der Waals surface area contributed by atoms with E-state index >= 15 is 0 Å². The first-order valence-corrected chi connectivity index (χ1v) is 8.41. The van der Waals surface area contributed by atoms with E-state index in [0.717, 1.165) is 24.8 Å². The molecule has 2 fully saturated rings. The Kier molecular flexibility index (Phi) is 4.66. The van der Waals surface area contributed by atoms with Gasteiger partial charge in [-0.25, -0.2) is 0 Å². The average Bonchev–Trinajstić information content (AvgIpc) is 2.58. The van der Waals surface area contributed by atoms with E-state index in [2.05, 4.69) is 5.32 Å². The van der Waals surface area contributed by atoms with E-state index in [0.29, 0.717) is 12.8 Å². The van der Waals surface area contributed by atoms with Crippen molar-refractivity contribution in [2.75, 3.05) is 0 Å². The molecule has 1 atom stereocenters. The second-order valence-corrected chi connectivity index (χ2v) is 6.65. The van der Waals surface area contributed by atoms with Crippen molar-refractivity contribution in [2.45, 2.75) is 56.7 Å². The molecule has 1 spiro atoms. The zero-order valence-electron chi connectivity index (χ0n) is 13.5. The molecule has 0 bridgehead atoms. The van der Waals surface area contributed by atoms with Gasteiger partial charge in [0.25, 0.3) is 0 Å². The van der Waals surface area contributed by atoms with E-state index in [1.54, 1.807) is 0 Å². The number of amides is 2. The van der Waals surface area contributed by atoms with Gasteiger partial charge in [0.1, 0.15) is 0 Å². The number of nitrogens with one attached hydrogen (secondary N) is 1. The number of hydrogen-bond acceptors (Lipinski definition) is 4. The van der Waals surface area contributed by atoms with Gasteiger partial charge in [0.2, 0.25) is 11.8 Å². The fraction of sp³-hybridized carbons (Fsp3) is 0.500. The van der Waals surface area contributed by atoms with Crippen LogP contribution in [0.25, 0.3) is 0 Å². The van der Waals surface area contributed by atoms with Gasteiger partial charge in [-0.3, -0.25) is 24.6 Å². The second-order valence-electron chi connectivity index (χ2n) is 6.65. The molecule has 24 heavy (non-hydrogen) atoms. The van der Waals surface area contributed by atoms with Crippen LogP contribution in [-0.4, -0.2) is 39.4 Å². The predicted molar refractivity (Wildman–Crippen MR) is 87.0 cm³/mol. The molecule has 1 aliphatic carbocycles. The van der Waals surface area contributed by atoms with Crippen LogP contribution in [0.1, 0.15) is 44.1 Å². The average molecular weight is 330 g/mol. The summed E-state index contributed by atoms with van der Waals surface area (Å²) in [6, 6.07) is 8.47. The summed E-state index contributed by atoms with van der Waals surface area (Å²) in [7, 11) is 0. The molecular weight excluding hydrogens is 308 g/mol. The molecule has 0 unspecified atom stereocenters. The number of hydrogen-bond donors (Lipinski definition) is 2. The van der Waals surface area contributed by atoms with Gasteiger partial charge in [-0.1, -0.05) is 49.6 Å². The van der Waals surface area contributed by atoms with Gasteiger partial charge in [-0.05, 0) is 18.4 Å². The lowest BCUT2D eigenvalue weighted by molar-refractivity contribution is -0.161. The largest absolute Gasteiger partial charge is 0.481 e. The summed E-state index contributed by atoms with van der Waals surface area (Å²) >= 11 is 0. The van der Waals surface area contributed by atoms with Crippen LogP contribution in [0.4, 0.5) is 0 Å². The Hall–Kier alpha value is -2.21. The number of rotatable bonds is 4. The highest BCUT2D eigenvalue weighted by molar-refractivity contribution is 6.05. The number of carboxylic acid groups (broad SMARTS) is 1. The van der Waals surface area contributed by atoms with E-state index in [9.17, 15) is 14.4 Å². The van der Waals surface area contributed by atoms with Crippen molar-refractivity contribution >= 4 is 17.8 Å². The zero-order valence-corrected chi connectivity index (χ0v) is 13.5. The Morgan fingerprint density at radius 1 is 1.17 bits per heavy atom. The van der Waals surface area contributed by atoms with Crippen molar-refractivity contribution in [3.05, 3.63) is 35.9 Å². The summed E-state index contributed by atoms with van der Waals surface area (Å²) in [6.07, 6.45) is 3.88. The molecule has 2 amide bonds. The number of carbonyl (C=O) groups excluding carboxylic acids is 2. The first-order valence-electron chi connectivity index (χ1n) is 8.41. The third-order valence-corrected chi connectivity index (χ3v) is 4.94. The predicted octanol–water partition coefficient (Wildman–Crippen LogP) is 1.69. The molecule has 2 aliphatic rings. The molecule has 1 aliphatic heterocycles. The number of aliphatic carboxylic acids is 1. The van der Waals surface area contributed by atoms with Crippen LogP contribution in [0.5, 0.6) is 0 Å². The van der Waals surface area contributed by atoms with Gasteiger partial charge in [0.05, 0.1) is 24.5 Å². The number of nitrogens with zero attached hydrogens (tertiary/aromatic N) is 1. The van der Waals surface area contributed by atoms with Gasteiger partial charge >= 0.3 is 5.97 Å². The number of carbonyl (C=O) groups is 3. The lowest BCUT2D eigenvalue weighted by atomic mass is 9.78. The molecule has 6 nitrogen and oxygen atoms in total. The third kappa shape index (κ3) is 3.19. The normalized spacial score (nSPS) is 23.5. The van der Waals surface area contributed by atoms with E-state index in [-0.39, 0.29) is 18.9 Å². The summed E-state index contributed by atoms with van der Waals surface area (Å²) < 4.78 is 0. The van der Waals surface area contributed by atoms with E-state index in [1.807, 2.05) is 30.3 Å². The highest BCUT2D eigenvalue weighted by atomic mass is 16.4. The quantitative estimate of drug-likeness (QED) is 0.821. The Labute approximate surface area is 140 Å². The molecular formula is C18H22N2O4. The van der Waals surface area contributed by atoms with Crippen LogP contribution in [-0.2, 0) is 20.9 Å². The minimum Gasteiger partial charge on any atom is -0.481 e. The summed E-state index contributed by atoms with van der Waals surface area (Å²) in [5.41, 5.74) is 0.0715. The number of imide groups is 1. The first kappa shape index (κ1) is 16.6.